The van der Waals surface area contributed by atoms with Gasteiger partial charge in [-0.3, -0.25) is 14.5 Å². The Balaban J connectivity index is 1.42. The third-order valence-electron chi connectivity index (χ3n) is 7.41. The zero-order valence-corrected chi connectivity index (χ0v) is 27.1. The molecular weight excluding hydrogens is 627 g/mol. The molecule has 4 aromatic rings. The number of ether oxygens (including phenoxy) is 4. The van der Waals surface area contributed by atoms with E-state index in [4.69, 9.17) is 18.9 Å². The number of aliphatic hydroxyl groups is 1. The van der Waals surface area contributed by atoms with Crippen molar-refractivity contribution in [2.24, 2.45) is 0 Å². The number of thioether (sulfide) groups is 1. The van der Waals surface area contributed by atoms with Crippen LogP contribution in [0.25, 0.3) is 5.76 Å². The number of ketones is 1. The number of Topliss-reactive ketones (excluding diaryl/α,β-unsaturated/α-hetero) is 1. The molecule has 1 N–H and O–H groups in total. The molecular formula is C34H33N3O7S2. The van der Waals surface area contributed by atoms with E-state index in [0.717, 1.165) is 18.4 Å². The largest absolute Gasteiger partial charge is 0.507 e. The smallest absolute Gasteiger partial charge is 0.301 e. The minimum atomic E-state index is -1.02. The van der Waals surface area contributed by atoms with E-state index < -0.39 is 17.7 Å². The fourth-order valence-corrected chi connectivity index (χ4v) is 7.00. The van der Waals surface area contributed by atoms with Gasteiger partial charge in [0.15, 0.2) is 27.3 Å². The Hall–Kier alpha value is -4.55. The number of carbonyl (C=O) groups excluding carboxylic acids is 2. The van der Waals surface area contributed by atoms with Crippen molar-refractivity contribution in [1.82, 2.24) is 10.2 Å². The molecule has 238 valence electrons. The van der Waals surface area contributed by atoms with E-state index >= 15 is 0 Å². The van der Waals surface area contributed by atoms with Crippen molar-refractivity contribution in [3.05, 3.63) is 89.0 Å². The zero-order chi connectivity index (χ0) is 32.0. The number of unbranched alkanes of at least 4 members (excludes halogenated alkanes) is 1. The molecule has 0 aliphatic carbocycles. The minimum absolute atomic E-state index is 0.0857. The van der Waals surface area contributed by atoms with E-state index in [2.05, 4.69) is 17.1 Å². The maximum Gasteiger partial charge on any atom is 0.301 e. The summed E-state index contributed by atoms with van der Waals surface area (Å²) in [5.74, 6) is 0.669. The van der Waals surface area contributed by atoms with Gasteiger partial charge in [-0.05, 0) is 54.8 Å². The van der Waals surface area contributed by atoms with E-state index in [-0.39, 0.29) is 16.5 Å². The van der Waals surface area contributed by atoms with Gasteiger partial charge < -0.3 is 24.1 Å². The Morgan fingerprint density at radius 3 is 2.57 bits per heavy atom. The van der Waals surface area contributed by atoms with Crippen molar-refractivity contribution in [3.63, 3.8) is 0 Å². The van der Waals surface area contributed by atoms with Gasteiger partial charge >= 0.3 is 5.91 Å². The van der Waals surface area contributed by atoms with Crippen LogP contribution in [-0.2, 0) is 15.3 Å². The molecule has 0 radical (unpaired) electrons. The number of benzene rings is 3. The Morgan fingerprint density at radius 2 is 1.78 bits per heavy atom. The lowest BCUT2D eigenvalue weighted by atomic mass is 9.95. The van der Waals surface area contributed by atoms with Gasteiger partial charge in [0, 0.05) is 11.3 Å². The third kappa shape index (κ3) is 6.54. The summed E-state index contributed by atoms with van der Waals surface area (Å²) in [6.07, 6.45) is 1.86. The monoisotopic (exact) mass is 659 g/mol. The standard InChI is InChI=1S/C34H33N3O7S2/c1-3-5-15-42-24-13-11-22(18-26(24)41-4-2)29-28(30(38)23-12-14-25-27(19-23)44-17-16-43-25)31(39)32(40)37(29)33-35-36-34(46-33)45-20-21-9-7-6-8-10-21/h6-14,18-19,29,38H,3-5,15-17,20H2,1-2H3/t29-/m1/s1. The topological polar surface area (TPSA) is 120 Å². The lowest BCUT2D eigenvalue weighted by Gasteiger charge is -2.24. The number of aromatic nitrogens is 2. The molecule has 3 heterocycles. The van der Waals surface area contributed by atoms with Crippen LogP contribution in [0.2, 0.25) is 0 Å². The van der Waals surface area contributed by atoms with Crippen molar-refractivity contribution >= 4 is 45.7 Å². The molecule has 1 atom stereocenters. The molecule has 6 rings (SSSR count). The van der Waals surface area contributed by atoms with Crippen LogP contribution >= 0.6 is 23.1 Å². The lowest BCUT2D eigenvalue weighted by molar-refractivity contribution is -0.132. The van der Waals surface area contributed by atoms with Crippen LogP contribution in [0, 0.1) is 0 Å². The summed E-state index contributed by atoms with van der Waals surface area (Å²) in [4.78, 5) is 28.9. The van der Waals surface area contributed by atoms with Gasteiger partial charge in [0.05, 0.1) is 24.8 Å². The first-order valence-electron chi connectivity index (χ1n) is 15.1. The average molecular weight is 660 g/mol. The number of nitrogens with zero attached hydrogens (tertiary/aromatic N) is 3. The fraction of sp³-hybridized carbons (Fsp3) is 0.294. The van der Waals surface area contributed by atoms with Gasteiger partial charge in [0.25, 0.3) is 5.78 Å². The molecule has 46 heavy (non-hydrogen) atoms. The predicted octanol–water partition coefficient (Wildman–Crippen LogP) is 6.81. The van der Waals surface area contributed by atoms with Crippen molar-refractivity contribution in [2.75, 3.05) is 31.3 Å². The van der Waals surface area contributed by atoms with Crippen molar-refractivity contribution in [1.29, 1.82) is 0 Å². The highest BCUT2D eigenvalue weighted by Crippen LogP contribution is 2.46. The first-order valence-corrected chi connectivity index (χ1v) is 16.9. The lowest BCUT2D eigenvalue weighted by Crippen LogP contribution is -2.29. The summed E-state index contributed by atoms with van der Waals surface area (Å²) < 4.78 is 23.9. The first kappa shape index (κ1) is 31.4. The van der Waals surface area contributed by atoms with Gasteiger partial charge in [0.1, 0.15) is 19.0 Å². The number of carbonyl (C=O) groups is 2. The number of hydrogen-bond donors (Lipinski definition) is 1. The van der Waals surface area contributed by atoms with Gasteiger partial charge in [0.2, 0.25) is 5.13 Å². The van der Waals surface area contributed by atoms with Crippen LogP contribution in [0.1, 0.15) is 49.4 Å². The van der Waals surface area contributed by atoms with Crippen LogP contribution in [-0.4, -0.2) is 53.4 Å². The number of aliphatic hydroxyl groups excluding tert-OH is 1. The quantitative estimate of drug-likeness (QED) is 0.0434. The summed E-state index contributed by atoms with van der Waals surface area (Å²) in [5, 5.41) is 20.6. The number of rotatable bonds is 12. The molecule has 2 aliphatic rings. The summed E-state index contributed by atoms with van der Waals surface area (Å²) >= 11 is 2.70. The average Bonchev–Trinajstić information content (AvgIpc) is 3.66. The predicted molar refractivity (Wildman–Crippen MR) is 176 cm³/mol. The third-order valence-corrected chi connectivity index (χ3v) is 9.53. The molecule has 1 amide bonds. The number of fused-ring (bicyclic) bond motifs is 1. The van der Waals surface area contributed by atoms with Crippen molar-refractivity contribution in [3.8, 4) is 23.0 Å². The molecule has 0 bridgehead atoms. The maximum atomic E-state index is 13.8. The minimum Gasteiger partial charge on any atom is -0.507 e. The molecule has 1 aromatic heterocycles. The fourth-order valence-electron chi connectivity index (χ4n) is 5.18. The summed E-state index contributed by atoms with van der Waals surface area (Å²) in [6, 6.07) is 19.1. The normalized spacial score (nSPS) is 16.9. The van der Waals surface area contributed by atoms with Crippen LogP contribution in [0.3, 0.4) is 0 Å². The highest BCUT2D eigenvalue weighted by Gasteiger charge is 2.48. The zero-order valence-electron chi connectivity index (χ0n) is 25.4. The molecule has 12 heteroatoms. The van der Waals surface area contributed by atoms with Gasteiger partial charge in [-0.1, -0.05) is 72.8 Å². The molecule has 3 aromatic carbocycles. The second-order valence-electron chi connectivity index (χ2n) is 10.5. The molecule has 1 saturated heterocycles. The number of hydrogen-bond acceptors (Lipinski definition) is 11. The molecule has 0 saturated carbocycles. The van der Waals surface area contributed by atoms with E-state index in [1.807, 2.05) is 37.3 Å². The second-order valence-corrected chi connectivity index (χ2v) is 12.7. The van der Waals surface area contributed by atoms with Crippen molar-refractivity contribution < 1.29 is 33.6 Å². The molecule has 1 fully saturated rings. The summed E-state index contributed by atoms with van der Waals surface area (Å²) in [5.41, 5.74) is 1.89. The SMILES string of the molecule is CCCCOc1ccc([C@@H]2C(=C(O)c3ccc4c(c3)OCCO4)C(=O)C(=O)N2c2nnc(SCc3ccccc3)s2)cc1OCC. The molecule has 0 spiro atoms. The van der Waals surface area contributed by atoms with Crippen LogP contribution in [0.5, 0.6) is 23.0 Å². The molecule has 2 aliphatic heterocycles. The second kappa shape index (κ2) is 14.3. The highest BCUT2D eigenvalue weighted by molar-refractivity contribution is 8.00. The van der Waals surface area contributed by atoms with Gasteiger partial charge in [-0.15, -0.1) is 10.2 Å². The van der Waals surface area contributed by atoms with E-state index in [0.29, 0.717) is 70.6 Å². The Bertz CT molecular complexity index is 1760. The Labute approximate surface area is 275 Å². The number of amides is 1. The molecule has 10 nitrogen and oxygen atoms in total. The Morgan fingerprint density at radius 1 is 0.978 bits per heavy atom. The Kier molecular flexibility index (Phi) is 9.74. The summed E-state index contributed by atoms with van der Waals surface area (Å²) in [6.45, 7) is 5.62. The maximum absolute atomic E-state index is 13.8. The van der Waals surface area contributed by atoms with Crippen LogP contribution in [0.15, 0.2) is 76.6 Å². The highest BCUT2D eigenvalue weighted by atomic mass is 32.2. The van der Waals surface area contributed by atoms with E-state index in [1.165, 1.54) is 28.0 Å². The molecule has 0 unspecified atom stereocenters. The van der Waals surface area contributed by atoms with E-state index in [1.54, 1.807) is 36.4 Å². The van der Waals surface area contributed by atoms with E-state index in [9.17, 15) is 14.7 Å². The van der Waals surface area contributed by atoms with Gasteiger partial charge in [-0.25, -0.2) is 0 Å². The van der Waals surface area contributed by atoms with Crippen molar-refractivity contribution in [2.45, 2.75) is 42.8 Å². The van der Waals surface area contributed by atoms with Crippen LogP contribution < -0.4 is 23.8 Å². The first-order chi connectivity index (χ1) is 22.5. The summed E-state index contributed by atoms with van der Waals surface area (Å²) in [7, 11) is 0. The number of anilines is 1. The van der Waals surface area contributed by atoms with Gasteiger partial charge in [-0.2, -0.15) is 0 Å². The van der Waals surface area contributed by atoms with Crippen LogP contribution in [0.4, 0.5) is 5.13 Å².